The molecule has 20 heavy (non-hydrogen) atoms. The number of carboxylic acids is 1. The maximum Gasteiger partial charge on any atom is 0.328 e. The highest BCUT2D eigenvalue weighted by Gasteiger charge is 2.19. The Morgan fingerprint density at radius 3 is 3.05 bits per heavy atom. The fourth-order valence-corrected chi connectivity index (χ4v) is 3.77. The lowest BCUT2D eigenvalue weighted by atomic mass is 10.1. The van der Waals surface area contributed by atoms with Gasteiger partial charge in [-0.3, -0.25) is 4.90 Å². The highest BCUT2D eigenvalue weighted by atomic mass is 32.1. The van der Waals surface area contributed by atoms with Gasteiger partial charge in [-0.25, -0.2) is 4.79 Å². The van der Waals surface area contributed by atoms with Crippen molar-refractivity contribution in [1.82, 2.24) is 4.90 Å². The summed E-state index contributed by atoms with van der Waals surface area (Å²) in [4.78, 5) is 15.5. The van der Waals surface area contributed by atoms with Gasteiger partial charge < -0.3 is 5.11 Å². The molecule has 1 N–H and O–H groups in total. The Labute approximate surface area is 124 Å². The normalized spacial score (nSPS) is 21.1. The van der Waals surface area contributed by atoms with Crippen LogP contribution < -0.4 is 0 Å². The van der Waals surface area contributed by atoms with Crippen molar-refractivity contribution in [1.29, 1.82) is 0 Å². The SMILES string of the molecule is CCC1CCCCCN1Cc1ccc(/C=C/C(=O)O)s1. The van der Waals surface area contributed by atoms with Crippen molar-refractivity contribution in [3.8, 4) is 0 Å². The maximum absolute atomic E-state index is 10.5. The molecule has 110 valence electrons. The van der Waals surface area contributed by atoms with Crippen molar-refractivity contribution in [2.45, 2.75) is 51.6 Å². The summed E-state index contributed by atoms with van der Waals surface area (Å²) in [6.07, 6.45) is 9.42. The van der Waals surface area contributed by atoms with E-state index in [-0.39, 0.29) is 0 Å². The average Bonchev–Trinajstić information content (AvgIpc) is 2.75. The Balaban J connectivity index is 1.99. The third-order valence-electron chi connectivity index (χ3n) is 3.90. The number of carbonyl (C=O) groups is 1. The molecule has 1 aromatic heterocycles. The van der Waals surface area contributed by atoms with Crippen LogP contribution in [0.25, 0.3) is 6.08 Å². The number of hydrogen-bond acceptors (Lipinski definition) is 3. The number of likely N-dealkylation sites (tertiary alicyclic amines) is 1. The molecule has 0 amide bonds. The molecule has 0 saturated carbocycles. The van der Waals surface area contributed by atoms with Crippen molar-refractivity contribution in [3.63, 3.8) is 0 Å². The molecule has 1 atom stereocenters. The Kier molecular flexibility index (Phi) is 5.80. The number of carboxylic acid groups (broad SMARTS) is 1. The molecule has 1 saturated heterocycles. The molecular weight excluding hydrogens is 270 g/mol. The number of nitrogens with zero attached hydrogens (tertiary/aromatic N) is 1. The van der Waals surface area contributed by atoms with E-state index in [9.17, 15) is 4.79 Å². The van der Waals surface area contributed by atoms with Gasteiger partial charge in [-0.15, -0.1) is 11.3 Å². The van der Waals surface area contributed by atoms with E-state index in [0.29, 0.717) is 6.04 Å². The maximum atomic E-state index is 10.5. The minimum absolute atomic E-state index is 0.706. The van der Waals surface area contributed by atoms with E-state index < -0.39 is 5.97 Å². The molecule has 0 radical (unpaired) electrons. The Morgan fingerprint density at radius 1 is 1.45 bits per heavy atom. The van der Waals surface area contributed by atoms with Crippen molar-refractivity contribution in [3.05, 3.63) is 28.0 Å². The second-order valence-corrected chi connectivity index (χ2v) is 6.56. The molecule has 0 spiro atoms. The van der Waals surface area contributed by atoms with Crippen LogP contribution in [0.15, 0.2) is 18.2 Å². The molecule has 0 aliphatic carbocycles. The zero-order valence-corrected chi connectivity index (χ0v) is 12.9. The summed E-state index contributed by atoms with van der Waals surface area (Å²) in [7, 11) is 0. The van der Waals surface area contributed by atoms with Gasteiger partial charge in [0.15, 0.2) is 0 Å². The van der Waals surface area contributed by atoms with E-state index in [4.69, 9.17) is 5.11 Å². The predicted molar refractivity (Wildman–Crippen MR) is 83.9 cm³/mol. The van der Waals surface area contributed by atoms with Crippen LogP contribution in [0.4, 0.5) is 0 Å². The van der Waals surface area contributed by atoms with Crippen LogP contribution in [0, 0.1) is 0 Å². The standard InChI is InChI=1S/C16H23NO2S/c1-2-13-6-4-3-5-11-17(13)12-15-8-7-14(20-15)9-10-16(18)19/h7-10,13H,2-6,11-12H2,1H3,(H,18,19)/b10-9+. The van der Waals surface area contributed by atoms with Gasteiger partial charge in [0.2, 0.25) is 0 Å². The largest absolute Gasteiger partial charge is 0.478 e. The molecule has 1 aliphatic heterocycles. The quantitative estimate of drug-likeness (QED) is 0.834. The summed E-state index contributed by atoms with van der Waals surface area (Å²) in [6.45, 7) is 4.47. The van der Waals surface area contributed by atoms with Crippen molar-refractivity contribution < 1.29 is 9.90 Å². The topological polar surface area (TPSA) is 40.5 Å². The molecule has 1 fully saturated rings. The van der Waals surface area contributed by atoms with Crippen molar-refractivity contribution in [2.75, 3.05) is 6.54 Å². The highest BCUT2D eigenvalue weighted by molar-refractivity contribution is 7.12. The minimum atomic E-state index is -0.890. The van der Waals surface area contributed by atoms with Crippen molar-refractivity contribution >= 4 is 23.4 Å². The van der Waals surface area contributed by atoms with Gasteiger partial charge in [-0.1, -0.05) is 19.8 Å². The van der Waals surface area contributed by atoms with Crippen LogP contribution in [0.2, 0.25) is 0 Å². The van der Waals surface area contributed by atoms with Gasteiger partial charge in [-0.05, 0) is 44.0 Å². The number of rotatable bonds is 5. The Hall–Kier alpha value is -1.13. The molecule has 0 bridgehead atoms. The zero-order valence-electron chi connectivity index (χ0n) is 12.0. The van der Waals surface area contributed by atoms with Crippen molar-refractivity contribution in [2.24, 2.45) is 0 Å². The molecular formula is C16H23NO2S. The summed E-state index contributed by atoms with van der Waals surface area (Å²) in [5.41, 5.74) is 0. The molecule has 1 unspecified atom stereocenters. The lowest BCUT2D eigenvalue weighted by Crippen LogP contribution is -2.33. The van der Waals surface area contributed by atoms with Gasteiger partial charge in [0.25, 0.3) is 0 Å². The van der Waals surface area contributed by atoms with Gasteiger partial charge in [-0.2, -0.15) is 0 Å². The summed E-state index contributed by atoms with van der Waals surface area (Å²) < 4.78 is 0. The molecule has 3 nitrogen and oxygen atoms in total. The number of hydrogen-bond donors (Lipinski definition) is 1. The Bertz CT molecular complexity index is 467. The fourth-order valence-electron chi connectivity index (χ4n) is 2.83. The predicted octanol–water partition coefficient (Wildman–Crippen LogP) is 4.00. The fraction of sp³-hybridized carbons (Fsp3) is 0.562. The molecule has 2 heterocycles. The first-order chi connectivity index (χ1) is 9.69. The van der Waals surface area contributed by atoms with E-state index in [1.54, 1.807) is 17.4 Å². The van der Waals surface area contributed by atoms with E-state index in [0.717, 1.165) is 11.4 Å². The summed E-state index contributed by atoms with van der Waals surface area (Å²) in [5.74, 6) is -0.890. The van der Waals surface area contributed by atoms with Gasteiger partial charge in [0, 0.05) is 28.4 Å². The van der Waals surface area contributed by atoms with Crippen LogP contribution in [-0.2, 0) is 11.3 Å². The Morgan fingerprint density at radius 2 is 2.30 bits per heavy atom. The molecule has 4 heteroatoms. The molecule has 2 rings (SSSR count). The summed E-state index contributed by atoms with van der Waals surface area (Å²) in [5, 5.41) is 8.65. The minimum Gasteiger partial charge on any atom is -0.478 e. The van der Waals surface area contributed by atoms with Crippen LogP contribution in [-0.4, -0.2) is 28.6 Å². The summed E-state index contributed by atoms with van der Waals surface area (Å²) >= 11 is 1.70. The third-order valence-corrected chi connectivity index (χ3v) is 4.94. The van der Waals surface area contributed by atoms with E-state index in [2.05, 4.69) is 17.9 Å². The second-order valence-electron chi connectivity index (χ2n) is 5.36. The zero-order chi connectivity index (χ0) is 14.4. The van der Waals surface area contributed by atoms with Crippen LogP contribution in [0.5, 0.6) is 0 Å². The second kappa shape index (κ2) is 7.60. The number of thiophene rings is 1. The summed E-state index contributed by atoms with van der Waals surface area (Å²) in [6, 6.07) is 4.85. The van der Waals surface area contributed by atoms with Crippen LogP contribution in [0.1, 0.15) is 48.8 Å². The highest BCUT2D eigenvalue weighted by Crippen LogP contribution is 2.25. The van der Waals surface area contributed by atoms with Crippen LogP contribution >= 0.6 is 11.3 Å². The van der Waals surface area contributed by atoms with Crippen LogP contribution in [0.3, 0.4) is 0 Å². The monoisotopic (exact) mass is 293 g/mol. The first-order valence-corrected chi connectivity index (χ1v) is 8.24. The number of aliphatic carboxylic acids is 1. The average molecular weight is 293 g/mol. The van der Waals surface area contributed by atoms with Gasteiger partial charge in [0.1, 0.15) is 0 Å². The molecule has 0 aromatic carbocycles. The smallest absolute Gasteiger partial charge is 0.328 e. The van der Waals surface area contributed by atoms with Gasteiger partial charge in [0.05, 0.1) is 0 Å². The van der Waals surface area contributed by atoms with E-state index in [1.807, 2.05) is 6.07 Å². The first-order valence-electron chi connectivity index (χ1n) is 7.43. The van der Waals surface area contributed by atoms with E-state index in [1.165, 1.54) is 49.6 Å². The first kappa shape index (κ1) is 15.3. The molecule has 1 aliphatic rings. The molecule has 1 aromatic rings. The van der Waals surface area contributed by atoms with E-state index >= 15 is 0 Å². The third kappa shape index (κ3) is 4.46. The lowest BCUT2D eigenvalue weighted by molar-refractivity contribution is -0.131. The lowest BCUT2D eigenvalue weighted by Gasteiger charge is -2.28. The van der Waals surface area contributed by atoms with Gasteiger partial charge >= 0.3 is 5.97 Å².